The maximum atomic E-state index is 13.5. The number of amides is 1. The number of alkyl halides is 2. The summed E-state index contributed by atoms with van der Waals surface area (Å²) in [4.78, 5) is 13.5. The van der Waals surface area contributed by atoms with Crippen LogP contribution in [-0.4, -0.2) is 58.9 Å². The zero-order valence-electron chi connectivity index (χ0n) is 14.8. The first-order valence-electron chi connectivity index (χ1n) is 8.82. The number of hydrogen-bond donors (Lipinski definition) is 1. The van der Waals surface area contributed by atoms with Crippen LogP contribution in [0.5, 0.6) is 0 Å². The number of aromatic nitrogens is 2. The summed E-state index contributed by atoms with van der Waals surface area (Å²) in [6.07, 6.45) is 5.30. The minimum Gasteiger partial charge on any atom is -0.383 e. The molecule has 0 aromatic carbocycles. The number of carbonyl (C=O) groups is 1. The minimum atomic E-state index is -2.51. The van der Waals surface area contributed by atoms with Crippen LogP contribution in [0.25, 0.3) is 0 Å². The van der Waals surface area contributed by atoms with Gasteiger partial charge in [0.2, 0.25) is 11.8 Å². The lowest BCUT2D eigenvalue weighted by Crippen LogP contribution is -2.45. The molecule has 1 amide bonds. The van der Waals surface area contributed by atoms with E-state index < -0.39 is 5.92 Å². The molecule has 1 aromatic heterocycles. The molecule has 25 heavy (non-hydrogen) atoms. The fourth-order valence-corrected chi connectivity index (χ4v) is 4.07. The molecule has 2 aliphatic rings. The Balaban J connectivity index is 1.67. The smallest absolute Gasteiger partial charge is 0.248 e. The Labute approximate surface area is 146 Å². The fourth-order valence-electron chi connectivity index (χ4n) is 4.07. The Bertz CT molecular complexity index is 597. The van der Waals surface area contributed by atoms with Crippen molar-refractivity contribution in [3.8, 4) is 0 Å². The summed E-state index contributed by atoms with van der Waals surface area (Å²) in [5, 5.41) is 7.09. The molecule has 2 heterocycles. The van der Waals surface area contributed by atoms with Gasteiger partial charge in [0.05, 0.1) is 24.5 Å². The minimum absolute atomic E-state index is 0.0347. The van der Waals surface area contributed by atoms with Crippen LogP contribution in [0.4, 0.5) is 14.5 Å². The van der Waals surface area contributed by atoms with Crippen LogP contribution in [0.15, 0.2) is 12.4 Å². The predicted molar refractivity (Wildman–Crippen MR) is 89.8 cm³/mol. The Kier molecular flexibility index (Phi) is 5.38. The zero-order chi connectivity index (χ0) is 18.0. The molecule has 1 aliphatic heterocycles. The highest BCUT2D eigenvalue weighted by atomic mass is 19.3. The highest BCUT2D eigenvalue weighted by Crippen LogP contribution is 2.39. The van der Waals surface area contributed by atoms with E-state index in [1.807, 2.05) is 10.9 Å². The summed E-state index contributed by atoms with van der Waals surface area (Å²) in [7, 11) is 1.67. The van der Waals surface area contributed by atoms with Crippen molar-refractivity contribution in [1.82, 2.24) is 14.7 Å². The van der Waals surface area contributed by atoms with Gasteiger partial charge in [0.25, 0.3) is 0 Å². The standard InChI is InChI=1S/C17H26F2N4O2/c1-12(24)21-13-8-20-23(9-13)15-7-16(11-25-2)22(10-15)14-3-5-17(18,19)6-4-14/h8-9,14-16H,3-7,10-11H2,1-2H3,(H,21,24)/t15-,16-/m0/s1. The van der Waals surface area contributed by atoms with E-state index in [0.717, 1.165) is 13.0 Å². The average molecular weight is 356 g/mol. The molecular weight excluding hydrogens is 330 g/mol. The van der Waals surface area contributed by atoms with Crippen molar-refractivity contribution in [3.05, 3.63) is 12.4 Å². The number of likely N-dealkylation sites (tertiary alicyclic amines) is 1. The highest BCUT2D eigenvalue weighted by molar-refractivity contribution is 5.88. The van der Waals surface area contributed by atoms with Crippen LogP contribution in [-0.2, 0) is 9.53 Å². The summed E-state index contributed by atoms with van der Waals surface area (Å²) in [5.74, 6) is -2.64. The van der Waals surface area contributed by atoms with Crippen molar-refractivity contribution in [3.63, 3.8) is 0 Å². The number of ether oxygens (including phenoxy) is 1. The van der Waals surface area contributed by atoms with Gasteiger partial charge in [-0.25, -0.2) is 8.78 Å². The molecule has 1 aromatic rings. The van der Waals surface area contributed by atoms with E-state index >= 15 is 0 Å². The van der Waals surface area contributed by atoms with Gasteiger partial charge in [-0.15, -0.1) is 0 Å². The van der Waals surface area contributed by atoms with E-state index in [0.29, 0.717) is 25.1 Å². The maximum absolute atomic E-state index is 13.5. The average Bonchev–Trinajstić information content (AvgIpc) is 3.14. The number of hydrogen-bond acceptors (Lipinski definition) is 4. The molecule has 1 saturated heterocycles. The number of rotatable bonds is 5. The van der Waals surface area contributed by atoms with Crippen LogP contribution in [0.2, 0.25) is 0 Å². The van der Waals surface area contributed by atoms with Gasteiger partial charge in [-0.3, -0.25) is 14.4 Å². The topological polar surface area (TPSA) is 59.4 Å². The zero-order valence-corrected chi connectivity index (χ0v) is 14.8. The fraction of sp³-hybridized carbons (Fsp3) is 0.765. The van der Waals surface area contributed by atoms with E-state index in [9.17, 15) is 13.6 Å². The Morgan fingerprint density at radius 1 is 1.40 bits per heavy atom. The number of halogens is 2. The predicted octanol–water partition coefficient (Wildman–Crippen LogP) is 2.68. The number of nitrogens with zero attached hydrogens (tertiary/aromatic N) is 3. The lowest BCUT2D eigenvalue weighted by Gasteiger charge is -2.37. The van der Waals surface area contributed by atoms with E-state index in [4.69, 9.17) is 4.74 Å². The second-order valence-electron chi connectivity index (χ2n) is 7.17. The molecule has 8 heteroatoms. The van der Waals surface area contributed by atoms with E-state index in [1.54, 1.807) is 13.3 Å². The first-order chi connectivity index (χ1) is 11.9. The molecule has 0 radical (unpaired) electrons. The molecule has 0 unspecified atom stereocenters. The van der Waals surface area contributed by atoms with Gasteiger partial charge >= 0.3 is 0 Å². The number of methoxy groups -OCH3 is 1. The second kappa shape index (κ2) is 7.37. The molecule has 2 fully saturated rings. The molecule has 1 N–H and O–H groups in total. The van der Waals surface area contributed by atoms with Crippen molar-refractivity contribution in [2.45, 2.75) is 63.1 Å². The Morgan fingerprint density at radius 3 is 2.76 bits per heavy atom. The third-order valence-corrected chi connectivity index (χ3v) is 5.25. The molecular formula is C17H26F2N4O2. The maximum Gasteiger partial charge on any atom is 0.248 e. The lowest BCUT2D eigenvalue weighted by molar-refractivity contribution is -0.114. The van der Waals surface area contributed by atoms with Gasteiger partial charge < -0.3 is 10.1 Å². The van der Waals surface area contributed by atoms with Crippen LogP contribution >= 0.6 is 0 Å². The summed E-state index contributed by atoms with van der Waals surface area (Å²) >= 11 is 0. The third-order valence-electron chi connectivity index (χ3n) is 5.25. The van der Waals surface area contributed by atoms with Crippen LogP contribution in [0, 0.1) is 0 Å². The molecule has 6 nitrogen and oxygen atoms in total. The second-order valence-corrected chi connectivity index (χ2v) is 7.17. The Morgan fingerprint density at radius 2 is 2.12 bits per heavy atom. The van der Waals surface area contributed by atoms with E-state index in [-0.39, 0.29) is 36.9 Å². The van der Waals surface area contributed by atoms with Crippen molar-refractivity contribution in [1.29, 1.82) is 0 Å². The first kappa shape index (κ1) is 18.3. The first-order valence-corrected chi connectivity index (χ1v) is 8.82. The number of nitrogens with one attached hydrogen (secondary N) is 1. The van der Waals surface area contributed by atoms with Crippen molar-refractivity contribution in [2.24, 2.45) is 0 Å². The molecule has 2 atom stereocenters. The molecule has 1 aliphatic carbocycles. The van der Waals surface area contributed by atoms with Crippen molar-refractivity contribution in [2.75, 3.05) is 25.6 Å². The summed E-state index contributed by atoms with van der Waals surface area (Å²) in [6, 6.07) is 0.542. The summed E-state index contributed by atoms with van der Waals surface area (Å²) < 4.78 is 34.2. The third kappa shape index (κ3) is 4.36. The highest BCUT2D eigenvalue weighted by Gasteiger charge is 2.42. The molecule has 3 rings (SSSR count). The van der Waals surface area contributed by atoms with Gasteiger partial charge in [-0.05, 0) is 19.3 Å². The van der Waals surface area contributed by atoms with Gasteiger partial charge in [0.1, 0.15) is 0 Å². The van der Waals surface area contributed by atoms with E-state index in [1.165, 1.54) is 6.92 Å². The quantitative estimate of drug-likeness (QED) is 0.881. The van der Waals surface area contributed by atoms with Crippen molar-refractivity contribution < 1.29 is 18.3 Å². The monoisotopic (exact) mass is 356 g/mol. The molecule has 0 spiro atoms. The van der Waals surface area contributed by atoms with Gasteiger partial charge in [-0.2, -0.15) is 5.10 Å². The van der Waals surface area contributed by atoms with Crippen LogP contribution < -0.4 is 5.32 Å². The normalized spacial score (nSPS) is 27.5. The van der Waals surface area contributed by atoms with Crippen molar-refractivity contribution >= 4 is 11.6 Å². The lowest BCUT2D eigenvalue weighted by atomic mass is 9.91. The van der Waals surface area contributed by atoms with Gasteiger partial charge in [0, 0.05) is 51.7 Å². The van der Waals surface area contributed by atoms with E-state index in [2.05, 4.69) is 15.3 Å². The van der Waals surface area contributed by atoms with Gasteiger partial charge in [-0.1, -0.05) is 0 Å². The van der Waals surface area contributed by atoms with Crippen LogP contribution in [0.3, 0.4) is 0 Å². The largest absolute Gasteiger partial charge is 0.383 e. The summed E-state index contributed by atoms with van der Waals surface area (Å²) in [5.41, 5.74) is 0.673. The number of carbonyl (C=O) groups excluding carboxylic acids is 1. The summed E-state index contributed by atoms with van der Waals surface area (Å²) in [6.45, 7) is 2.82. The molecule has 140 valence electrons. The van der Waals surface area contributed by atoms with Gasteiger partial charge in [0.15, 0.2) is 0 Å². The van der Waals surface area contributed by atoms with Crippen LogP contribution in [0.1, 0.15) is 45.1 Å². The Hall–Kier alpha value is -1.54. The number of anilines is 1. The SMILES string of the molecule is COC[C@@H]1C[C@H](n2cc(NC(C)=O)cn2)CN1C1CCC(F)(F)CC1. The molecule has 1 saturated carbocycles. The molecule has 0 bridgehead atoms.